The maximum Gasteiger partial charge on any atom is 0.309 e. The Balaban J connectivity index is 2.03. The van der Waals surface area contributed by atoms with Gasteiger partial charge in [-0.05, 0) is 25.7 Å². The van der Waals surface area contributed by atoms with Crippen molar-refractivity contribution in [2.24, 2.45) is 5.92 Å². The van der Waals surface area contributed by atoms with Crippen molar-refractivity contribution in [3.63, 3.8) is 0 Å². The predicted octanol–water partition coefficient (Wildman–Crippen LogP) is 2.26. The highest BCUT2D eigenvalue weighted by Gasteiger charge is 2.18. The molecule has 98 valence electrons. The molecule has 1 aromatic rings. The summed E-state index contributed by atoms with van der Waals surface area (Å²) in [4.78, 5) is 20.0. The zero-order valence-corrected chi connectivity index (χ0v) is 11.6. The molecule has 0 saturated carbocycles. The Kier molecular flexibility index (Phi) is 4.58. The van der Waals surface area contributed by atoms with E-state index in [0.29, 0.717) is 5.75 Å². The van der Waals surface area contributed by atoms with Crippen LogP contribution < -0.4 is 0 Å². The van der Waals surface area contributed by atoms with Gasteiger partial charge in [-0.1, -0.05) is 6.92 Å². The van der Waals surface area contributed by atoms with E-state index >= 15 is 0 Å². The minimum Gasteiger partial charge on any atom is -0.469 e. The second-order valence-corrected chi connectivity index (χ2v) is 5.56. The number of carbonyl (C=O) groups is 1. The Morgan fingerprint density at radius 3 is 3.00 bits per heavy atom. The lowest BCUT2D eigenvalue weighted by molar-refractivity contribution is -0.143. The van der Waals surface area contributed by atoms with Crippen LogP contribution in [0.25, 0.3) is 0 Å². The van der Waals surface area contributed by atoms with Crippen molar-refractivity contribution in [3.8, 4) is 0 Å². The van der Waals surface area contributed by atoms with E-state index in [1.807, 2.05) is 6.92 Å². The standard InChI is InChI=1S/C13H18N2O2S/c1-9(13(16)17-2)7-18-12-10-5-3-4-6-11(10)14-8-15-12/h8-9H,3-7H2,1-2H3. The van der Waals surface area contributed by atoms with Crippen molar-refractivity contribution < 1.29 is 9.53 Å². The van der Waals surface area contributed by atoms with Gasteiger partial charge >= 0.3 is 5.97 Å². The summed E-state index contributed by atoms with van der Waals surface area (Å²) in [6, 6.07) is 0. The molecular formula is C13H18N2O2S. The number of nitrogens with zero attached hydrogens (tertiary/aromatic N) is 2. The predicted molar refractivity (Wildman–Crippen MR) is 70.6 cm³/mol. The van der Waals surface area contributed by atoms with Crippen LogP contribution in [0.5, 0.6) is 0 Å². The summed E-state index contributed by atoms with van der Waals surface area (Å²) in [7, 11) is 1.43. The van der Waals surface area contributed by atoms with Gasteiger partial charge in [-0.15, -0.1) is 11.8 Å². The molecule has 1 unspecified atom stereocenters. The normalized spacial score (nSPS) is 15.9. The van der Waals surface area contributed by atoms with Gasteiger partial charge in [0.05, 0.1) is 13.0 Å². The van der Waals surface area contributed by atoms with Gasteiger partial charge in [0, 0.05) is 17.0 Å². The van der Waals surface area contributed by atoms with Gasteiger partial charge in [-0.3, -0.25) is 4.79 Å². The van der Waals surface area contributed by atoms with Gasteiger partial charge < -0.3 is 4.74 Å². The third kappa shape index (κ3) is 3.02. The Hall–Kier alpha value is -1.10. The summed E-state index contributed by atoms with van der Waals surface area (Å²) < 4.78 is 4.73. The summed E-state index contributed by atoms with van der Waals surface area (Å²) >= 11 is 1.63. The smallest absolute Gasteiger partial charge is 0.309 e. The molecule has 0 amide bonds. The molecule has 0 radical (unpaired) electrons. The fraction of sp³-hybridized carbons (Fsp3) is 0.615. The first kappa shape index (κ1) is 13.3. The molecule has 0 bridgehead atoms. The highest BCUT2D eigenvalue weighted by atomic mass is 32.2. The van der Waals surface area contributed by atoms with Gasteiger partial charge in [0.15, 0.2) is 0 Å². The molecule has 1 atom stereocenters. The molecule has 2 rings (SSSR count). The maximum absolute atomic E-state index is 11.4. The molecule has 0 fully saturated rings. The van der Waals surface area contributed by atoms with Gasteiger partial charge in [-0.2, -0.15) is 0 Å². The SMILES string of the molecule is COC(=O)C(C)CSc1ncnc2c1CCCC2. The number of aromatic nitrogens is 2. The molecule has 0 spiro atoms. The van der Waals surface area contributed by atoms with Gasteiger partial charge in [0.2, 0.25) is 0 Å². The number of aryl methyl sites for hydroxylation is 1. The lowest BCUT2D eigenvalue weighted by atomic mass is 9.98. The summed E-state index contributed by atoms with van der Waals surface area (Å²) in [5.74, 6) is 0.440. The van der Waals surface area contributed by atoms with E-state index in [2.05, 4.69) is 9.97 Å². The van der Waals surface area contributed by atoms with Gasteiger partial charge in [0.25, 0.3) is 0 Å². The summed E-state index contributed by atoms with van der Waals surface area (Å²) in [6.45, 7) is 1.88. The van der Waals surface area contributed by atoms with E-state index in [1.54, 1.807) is 18.1 Å². The second kappa shape index (κ2) is 6.18. The van der Waals surface area contributed by atoms with E-state index in [1.165, 1.54) is 31.2 Å². The fourth-order valence-corrected chi connectivity index (χ4v) is 3.15. The van der Waals surface area contributed by atoms with Gasteiger partial charge in [0.1, 0.15) is 11.4 Å². The monoisotopic (exact) mass is 266 g/mol. The van der Waals surface area contributed by atoms with Crippen LogP contribution in [-0.4, -0.2) is 28.8 Å². The number of hydrogen-bond acceptors (Lipinski definition) is 5. The summed E-state index contributed by atoms with van der Waals surface area (Å²) in [6.07, 6.45) is 6.17. The minimum atomic E-state index is -0.162. The highest BCUT2D eigenvalue weighted by Crippen LogP contribution is 2.29. The summed E-state index contributed by atoms with van der Waals surface area (Å²) in [5.41, 5.74) is 2.47. The average molecular weight is 266 g/mol. The van der Waals surface area contributed by atoms with E-state index in [9.17, 15) is 4.79 Å². The van der Waals surface area contributed by atoms with Crippen LogP contribution in [0.15, 0.2) is 11.4 Å². The third-order valence-corrected chi connectivity index (χ3v) is 4.45. The van der Waals surface area contributed by atoms with E-state index in [-0.39, 0.29) is 11.9 Å². The van der Waals surface area contributed by atoms with Crippen molar-refractivity contribution in [2.75, 3.05) is 12.9 Å². The second-order valence-electron chi connectivity index (χ2n) is 4.55. The molecule has 1 aliphatic carbocycles. The molecule has 0 aromatic carbocycles. The van der Waals surface area contributed by atoms with E-state index in [4.69, 9.17) is 4.74 Å². The van der Waals surface area contributed by atoms with Crippen molar-refractivity contribution >= 4 is 17.7 Å². The lowest BCUT2D eigenvalue weighted by Crippen LogP contribution is -2.15. The molecular weight excluding hydrogens is 248 g/mol. The molecule has 0 N–H and O–H groups in total. The first-order valence-electron chi connectivity index (χ1n) is 6.25. The van der Waals surface area contributed by atoms with Crippen molar-refractivity contribution in [1.82, 2.24) is 9.97 Å². The Morgan fingerprint density at radius 1 is 1.44 bits per heavy atom. The highest BCUT2D eigenvalue weighted by molar-refractivity contribution is 7.99. The molecule has 0 aliphatic heterocycles. The number of methoxy groups -OCH3 is 1. The number of carbonyl (C=O) groups excluding carboxylic acids is 1. The largest absolute Gasteiger partial charge is 0.469 e. The number of rotatable bonds is 4. The lowest BCUT2D eigenvalue weighted by Gasteiger charge is -2.17. The van der Waals surface area contributed by atoms with Crippen LogP contribution in [0.2, 0.25) is 0 Å². The first-order chi connectivity index (χ1) is 8.72. The van der Waals surface area contributed by atoms with Crippen molar-refractivity contribution in [1.29, 1.82) is 0 Å². The molecule has 4 nitrogen and oxygen atoms in total. The van der Waals surface area contributed by atoms with Crippen LogP contribution in [0.4, 0.5) is 0 Å². The number of fused-ring (bicyclic) bond motifs is 1. The third-order valence-electron chi connectivity index (χ3n) is 3.16. The number of ether oxygens (including phenoxy) is 1. The zero-order chi connectivity index (χ0) is 13.0. The molecule has 5 heteroatoms. The molecule has 1 heterocycles. The molecule has 0 saturated heterocycles. The average Bonchev–Trinajstić information content (AvgIpc) is 2.43. The van der Waals surface area contributed by atoms with Crippen LogP contribution in [0, 0.1) is 5.92 Å². The Bertz CT molecular complexity index is 437. The zero-order valence-electron chi connectivity index (χ0n) is 10.8. The maximum atomic E-state index is 11.4. The van der Waals surface area contributed by atoms with Crippen LogP contribution >= 0.6 is 11.8 Å². The quantitative estimate of drug-likeness (QED) is 0.475. The molecule has 1 aromatic heterocycles. The number of thioether (sulfide) groups is 1. The Labute approximate surface area is 112 Å². The molecule has 1 aliphatic rings. The van der Waals surface area contributed by atoms with Crippen LogP contribution in [-0.2, 0) is 22.4 Å². The molecule has 18 heavy (non-hydrogen) atoms. The minimum absolute atomic E-state index is 0.103. The first-order valence-corrected chi connectivity index (χ1v) is 7.24. The van der Waals surface area contributed by atoms with E-state index in [0.717, 1.165) is 17.9 Å². The fourth-order valence-electron chi connectivity index (χ4n) is 2.09. The van der Waals surface area contributed by atoms with Gasteiger partial charge in [-0.25, -0.2) is 9.97 Å². The number of hydrogen-bond donors (Lipinski definition) is 0. The Morgan fingerprint density at radius 2 is 2.22 bits per heavy atom. The van der Waals surface area contributed by atoms with Crippen molar-refractivity contribution in [3.05, 3.63) is 17.6 Å². The van der Waals surface area contributed by atoms with Crippen LogP contribution in [0.1, 0.15) is 31.0 Å². The number of esters is 1. The van der Waals surface area contributed by atoms with Crippen LogP contribution in [0.3, 0.4) is 0 Å². The van der Waals surface area contributed by atoms with E-state index < -0.39 is 0 Å². The topological polar surface area (TPSA) is 52.1 Å². The summed E-state index contributed by atoms with van der Waals surface area (Å²) in [5, 5.41) is 1.04. The van der Waals surface area contributed by atoms with Crippen molar-refractivity contribution in [2.45, 2.75) is 37.6 Å².